The van der Waals surface area contributed by atoms with Crippen molar-refractivity contribution in [1.82, 2.24) is 20.0 Å². The topological polar surface area (TPSA) is 98.2 Å². The first-order valence-electron chi connectivity index (χ1n) is 10.1. The van der Waals surface area contributed by atoms with Crippen molar-refractivity contribution in [2.45, 2.75) is 13.5 Å². The lowest BCUT2D eigenvalue weighted by atomic mass is 10.2. The van der Waals surface area contributed by atoms with E-state index in [0.29, 0.717) is 28.7 Å². The van der Waals surface area contributed by atoms with E-state index in [9.17, 15) is 4.79 Å². The zero-order valence-electron chi connectivity index (χ0n) is 17.3. The number of benzene rings is 2. The van der Waals surface area contributed by atoms with Crippen LogP contribution in [0.25, 0.3) is 22.2 Å². The number of rotatable bonds is 5. The Hall–Kier alpha value is -4.04. The van der Waals surface area contributed by atoms with Crippen LogP contribution in [0.2, 0.25) is 0 Å². The van der Waals surface area contributed by atoms with E-state index in [4.69, 9.17) is 15.7 Å². The second-order valence-corrected chi connectivity index (χ2v) is 8.41. The van der Waals surface area contributed by atoms with E-state index in [1.165, 1.54) is 4.68 Å². The minimum atomic E-state index is -0.310. The Bertz CT molecular complexity index is 1470. The van der Waals surface area contributed by atoms with Crippen molar-refractivity contribution in [3.05, 3.63) is 87.6 Å². The van der Waals surface area contributed by atoms with Gasteiger partial charge in [0.15, 0.2) is 5.65 Å². The molecular weight excluding hydrogens is 420 g/mol. The molecule has 3 aromatic heterocycles. The lowest BCUT2D eigenvalue weighted by molar-refractivity contribution is 0.0953. The minimum absolute atomic E-state index is 0.197. The maximum absolute atomic E-state index is 13.1. The van der Waals surface area contributed by atoms with Gasteiger partial charge in [-0.1, -0.05) is 48.0 Å². The van der Waals surface area contributed by atoms with Gasteiger partial charge in [-0.2, -0.15) is 9.78 Å². The number of nitrogens with one attached hydrogen (secondary N) is 1. The van der Waals surface area contributed by atoms with Gasteiger partial charge in [-0.15, -0.1) is 11.3 Å². The Morgan fingerprint density at radius 3 is 2.69 bits per heavy atom. The minimum Gasteiger partial charge on any atom is -0.383 e. The molecule has 0 unspecified atom stereocenters. The number of thiophene rings is 1. The zero-order chi connectivity index (χ0) is 22.1. The van der Waals surface area contributed by atoms with Crippen molar-refractivity contribution < 1.29 is 4.79 Å². The Morgan fingerprint density at radius 1 is 1.12 bits per heavy atom. The molecule has 5 aromatic rings. The van der Waals surface area contributed by atoms with Gasteiger partial charge >= 0.3 is 0 Å². The second-order valence-electron chi connectivity index (χ2n) is 7.38. The van der Waals surface area contributed by atoms with Crippen LogP contribution in [0, 0.1) is 6.92 Å². The van der Waals surface area contributed by atoms with Crippen LogP contribution in [0.1, 0.15) is 26.4 Å². The highest BCUT2D eigenvalue weighted by Gasteiger charge is 2.24. The van der Waals surface area contributed by atoms with Crippen LogP contribution in [-0.2, 0) is 6.54 Å². The third-order valence-corrected chi connectivity index (χ3v) is 5.95. The number of nitrogen functional groups attached to an aromatic ring is 1. The number of nitrogens with zero attached hydrogens (tertiary/aromatic N) is 4. The summed E-state index contributed by atoms with van der Waals surface area (Å²) in [4.78, 5) is 23.6. The van der Waals surface area contributed by atoms with Gasteiger partial charge < -0.3 is 11.1 Å². The summed E-state index contributed by atoms with van der Waals surface area (Å²) >= 11 is 1.58. The van der Waals surface area contributed by atoms with Gasteiger partial charge in [0.25, 0.3) is 5.91 Å². The normalized spacial score (nSPS) is 11.5. The first-order chi connectivity index (χ1) is 15.6. The summed E-state index contributed by atoms with van der Waals surface area (Å²) in [5, 5.41) is 9.46. The van der Waals surface area contributed by atoms with Crippen LogP contribution < -0.4 is 11.1 Å². The highest BCUT2D eigenvalue weighted by Crippen LogP contribution is 2.28. The number of amides is 1. The van der Waals surface area contributed by atoms with Gasteiger partial charge in [-0.05, 0) is 36.1 Å². The van der Waals surface area contributed by atoms with Crippen LogP contribution in [0.3, 0.4) is 0 Å². The zero-order valence-corrected chi connectivity index (χ0v) is 18.1. The predicted molar refractivity (Wildman–Crippen MR) is 129 cm³/mol. The SMILES string of the molecule is Cc1cccc(/C=N/n2c(N)c(C(=O)NCc3cccs3)c3nc4ccccc4nc32)c1. The molecule has 8 heteroatoms. The second kappa shape index (κ2) is 8.24. The summed E-state index contributed by atoms with van der Waals surface area (Å²) in [6.45, 7) is 2.43. The molecule has 0 spiro atoms. The molecule has 7 nitrogen and oxygen atoms in total. The molecule has 0 aliphatic rings. The molecule has 1 amide bonds. The van der Waals surface area contributed by atoms with Crippen molar-refractivity contribution >= 4 is 51.5 Å². The molecule has 0 atom stereocenters. The molecule has 0 radical (unpaired) electrons. The average molecular weight is 441 g/mol. The number of aryl methyl sites for hydroxylation is 1. The monoisotopic (exact) mass is 440 g/mol. The fourth-order valence-corrected chi connectivity index (χ4v) is 4.18. The largest absolute Gasteiger partial charge is 0.383 e. The number of anilines is 1. The van der Waals surface area contributed by atoms with Crippen LogP contribution in [-0.4, -0.2) is 26.8 Å². The van der Waals surface area contributed by atoms with Crippen molar-refractivity contribution in [2.24, 2.45) is 5.10 Å². The molecule has 2 aromatic carbocycles. The highest BCUT2D eigenvalue weighted by atomic mass is 32.1. The lowest BCUT2D eigenvalue weighted by Gasteiger charge is -2.04. The average Bonchev–Trinajstić information content (AvgIpc) is 3.40. The van der Waals surface area contributed by atoms with Gasteiger partial charge in [0, 0.05) is 4.88 Å². The van der Waals surface area contributed by atoms with E-state index in [2.05, 4.69) is 10.4 Å². The van der Waals surface area contributed by atoms with Gasteiger partial charge in [0.05, 0.1) is 23.8 Å². The van der Waals surface area contributed by atoms with Crippen molar-refractivity contribution in [3.63, 3.8) is 0 Å². The summed E-state index contributed by atoms with van der Waals surface area (Å²) in [6, 6.07) is 19.4. The maximum atomic E-state index is 13.1. The molecule has 32 heavy (non-hydrogen) atoms. The Kier molecular flexibility index (Phi) is 5.12. The number of carbonyl (C=O) groups is 1. The van der Waals surface area contributed by atoms with E-state index in [-0.39, 0.29) is 17.3 Å². The first-order valence-corrected chi connectivity index (χ1v) is 11.0. The summed E-state index contributed by atoms with van der Waals surface area (Å²) < 4.78 is 1.48. The number of hydrogen-bond donors (Lipinski definition) is 2. The van der Waals surface area contributed by atoms with E-state index in [1.807, 2.05) is 73.0 Å². The third-order valence-electron chi connectivity index (χ3n) is 5.07. The number of hydrogen-bond acceptors (Lipinski definition) is 6. The van der Waals surface area contributed by atoms with Gasteiger partial charge in [-0.25, -0.2) is 9.97 Å². The molecule has 3 N–H and O–H groups in total. The van der Waals surface area contributed by atoms with Gasteiger partial charge in [0.2, 0.25) is 0 Å². The molecule has 0 saturated heterocycles. The van der Waals surface area contributed by atoms with Crippen LogP contribution in [0.5, 0.6) is 0 Å². The van der Waals surface area contributed by atoms with Gasteiger partial charge in [0.1, 0.15) is 16.9 Å². The molecule has 0 bridgehead atoms. The van der Waals surface area contributed by atoms with Crippen LogP contribution >= 0.6 is 11.3 Å². The third kappa shape index (κ3) is 3.72. The van der Waals surface area contributed by atoms with Crippen LogP contribution in [0.4, 0.5) is 5.82 Å². The molecule has 158 valence electrons. The fraction of sp³-hybridized carbons (Fsp3) is 0.0833. The number of fused-ring (bicyclic) bond motifs is 2. The molecule has 0 aliphatic heterocycles. The smallest absolute Gasteiger partial charge is 0.257 e. The Morgan fingerprint density at radius 2 is 1.94 bits per heavy atom. The quantitative estimate of drug-likeness (QED) is 0.397. The molecule has 0 aliphatic carbocycles. The van der Waals surface area contributed by atoms with Crippen LogP contribution in [0.15, 0.2) is 71.1 Å². The molecule has 0 saturated carbocycles. The summed E-state index contributed by atoms with van der Waals surface area (Å²) in [5.74, 6) is -0.113. The molecular formula is C24H20N6OS. The summed E-state index contributed by atoms with van der Waals surface area (Å²) in [5.41, 5.74) is 11.0. The Balaban J connectivity index is 1.62. The number of para-hydroxylation sites is 2. The standard InChI is InChI=1S/C24H20N6OS/c1-15-6-4-7-16(12-15)13-27-30-22(25)20(24(31)26-14-17-8-5-11-32-17)21-23(30)29-19-10-3-2-9-18(19)28-21/h2-13H,14,25H2,1H3,(H,26,31)/b27-13+. The predicted octanol–water partition coefficient (Wildman–Crippen LogP) is 4.35. The molecule has 5 rings (SSSR count). The highest BCUT2D eigenvalue weighted by molar-refractivity contribution is 7.09. The lowest BCUT2D eigenvalue weighted by Crippen LogP contribution is -2.23. The number of carbonyl (C=O) groups excluding carboxylic acids is 1. The van der Waals surface area contributed by atoms with E-state index >= 15 is 0 Å². The molecule has 3 heterocycles. The number of nitrogens with two attached hydrogens (primary N) is 1. The maximum Gasteiger partial charge on any atom is 0.257 e. The van der Waals surface area contributed by atoms with E-state index in [0.717, 1.165) is 16.0 Å². The van der Waals surface area contributed by atoms with Gasteiger partial charge in [-0.3, -0.25) is 4.79 Å². The van der Waals surface area contributed by atoms with Crippen molar-refractivity contribution in [1.29, 1.82) is 0 Å². The summed E-state index contributed by atoms with van der Waals surface area (Å²) in [7, 11) is 0. The number of aromatic nitrogens is 3. The van der Waals surface area contributed by atoms with E-state index < -0.39 is 0 Å². The molecule has 0 fully saturated rings. The fourth-order valence-electron chi connectivity index (χ4n) is 3.53. The van der Waals surface area contributed by atoms with Crippen molar-refractivity contribution in [2.75, 3.05) is 5.73 Å². The van der Waals surface area contributed by atoms with E-state index in [1.54, 1.807) is 17.6 Å². The Labute approximate surface area is 188 Å². The first kappa shape index (κ1) is 19.9. The summed E-state index contributed by atoms with van der Waals surface area (Å²) in [6.07, 6.45) is 1.70. The van der Waals surface area contributed by atoms with Crippen molar-refractivity contribution in [3.8, 4) is 0 Å².